The largest absolute Gasteiger partial charge is 0.351 e. The molecule has 0 fully saturated rings. The lowest BCUT2D eigenvalue weighted by molar-refractivity contribution is 0.0930. The number of carbonyl (C=O) groups excluding carboxylic acids is 1. The van der Waals surface area contributed by atoms with Gasteiger partial charge in [0.05, 0.1) is 0 Å². The van der Waals surface area contributed by atoms with Crippen LogP contribution in [0.15, 0.2) is 36.0 Å². The predicted molar refractivity (Wildman–Crippen MR) is 89.2 cm³/mol. The van der Waals surface area contributed by atoms with E-state index in [2.05, 4.69) is 40.5 Å². The first-order valence-corrected chi connectivity index (χ1v) is 8.55. The highest BCUT2D eigenvalue weighted by Gasteiger charge is 2.29. The molecule has 0 bridgehead atoms. The second-order valence-electron chi connectivity index (χ2n) is 5.77. The topological polar surface area (TPSA) is 45.2 Å². The molecule has 1 aliphatic heterocycles. The molecule has 22 heavy (non-hydrogen) atoms. The molecule has 2 atom stereocenters. The standard InChI is InChI=1S/C17H21N3OS/c1-12-11-15-5-10-22-16(15)13(2)20(12)9-8-19-17(21)14-3-6-18-7-4-14/h3-7,10,12-13H,8-9,11H2,1-2H3,(H,19,21). The van der Waals surface area contributed by atoms with Gasteiger partial charge in [-0.25, -0.2) is 0 Å². The Balaban J connectivity index is 1.57. The Bertz CT molecular complexity index is 640. The molecule has 0 aliphatic carbocycles. The molecule has 2 unspecified atom stereocenters. The molecule has 2 aromatic rings. The van der Waals surface area contributed by atoms with E-state index in [0.717, 1.165) is 13.0 Å². The predicted octanol–water partition coefficient (Wildman–Crippen LogP) is 2.88. The zero-order valence-electron chi connectivity index (χ0n) is 13.0. The van der Waals surface area contributed by atoms with Crippen molar-refractivity contribution in [2.24, 2.45) is 0 Å². The van der Waals surface area contributed by atoms with E-state index in [1.54, 1.807) is 24.5 Å². The molecule has 0 aromatic carbocycles. The van der Waals surface area contributed by atoms with Crippen molar-refractivity contribution in [3.63, 3.8) is 0 Å². The highest BCUT2D eigenvalue weighted by atomic mass is 32.1. The summed E-state index contributed by atoms with van der Waals surface area (Å²) in [5.41, 5.74) is 2.15. The monoisotopic (exact) mass is 315 g/mol. The number of thiophene rings is 1. The van der Waals surface area contributed by atoms with E-state index in [-0.39, 0.29) is 5.91 Å². The third-order valence-electron chi connectivity index (χ3n) is 4.34. The number of amides is 1. The number of aromatic nitrogens is 1. The van der Waals surface area contributed by atoms with Gasteiger partial charge in [-0.3, -0.25) is 14.7 Å². The van der Waals surface area contributed by atoms with Crippen LogP contribution in [0.2, 0.25) is 0 Å². The van der Waals surface area contributed by atoms with Crippen molar-refractivity contribution in [1.29, 1.82) is 0 Å². The van der Waals surface area contributed by atoms with Crippen molar-refractivity contribution in [3.8, 4) is 0 Å². The summed E-state index contributed by atoms with van der Waals surface area (Å²) < 4.78 is 0. The Morgan fingerprint density at radius 2 is 2.14 bits per heavy atom. The first-order chi connectivity index (χ1) is 10.7. The summed E-state index contributed by atoms with van der Waals surface area (Å²) in [6, 6.07) is 6.65. The van der Waals surface area contributed by atoms with E-state index >= 15 is 0 Å². The first kappa shape index (κ1) is 15.2. The Hall–Kier alpha value is -1.72. The van der Waals surface area contributed by atoms with E-state index in [4.69, 9.17) is 0 Å². The van der Waals surface area contributed by atoms with Crippen molar-refractivity contribution in [3.05, 3.63) is 52.0 Å². The van der Waals surface area contributed by atoms with Gasteiger partial charge < -0.3 is 5.32 Å². The first-order valence-electron chi connectivity index (χ1n) is 7.67. The third kappa shape index (κ3) is 3.05. The summed E-state index contributed by atoms with van der Waals surface area (Å²) in [5, 5.41) is 5.18. The van der Waals surface area contributed by atoms with Gasteiger partial charge in [0, 0.05) is 48.0 Å². The van der Waals surface area contributed by atoms with Gasteiger partial charge in [0.2, 0.25) is 0 Å². The Kier molecular flexibility index (Phi) is 4.55. The van der Waals surface area contributed by atoms with Gasteiger partial charge in [-0.1, -0.05) is 0 Å². The number of hydrogen-bond acceptors (Lipinski definition) is 4. The SMILES string of the molecule is CC1Cc2ccsc2C(C)N1CCNC(=O)c1ccncc1. The van der Waals surface area contributed by atoms with Crippen molar-refractivity contribution in [2.45, 2.75) is 32.4 Å². The fourth-order valence-corrected chi connectivity index (χ4v) is 4.18. The molecular weight excluding hydrogens is 294 g/mol. The quantitative estimate of drug-likeness (QED) is 0.943. The minimum Gasteiger partial charge on any atom is -0.351 e. The number of fused-ring (bicyclic) bond motifs is 1. The van der Waals surface area contributed by atoms with Crippen LogP contribution in [0, 0.1) is 0 Å². The highest BCUT2D eigenvalue weighted by molar-refractivity contribution is 7.10. The molecule has 3 heterocycles. The smallest absolute Gasteiger partial charge is 0.251 e. The summed E-state index contributed by atoms with van der Waals surface area (Å²) >= 11 is 1.84. The zero-order chi connectivity index (χ0) is 15.5. The summed E-state index contributed by atoms with van der Waals surface area (Å²) in [7, 11) is 0. The number of carbonyl (C=O) groups is 1. The van der Waals surface area contributed by atoms with Gasteiger partial charge in [-0.2, -0.15) is 0 Å². The molecule has 116 valence electrons. The molecule has 3 rings (SSSR count). The van der Waals surface area contributed by atoms with E-state index in [9.17, 15) is 4.79 Å². The van der Waals surface area contributed by atoms with Crippen LogP contribution in [0.1, 0.15) is 40.7 Å². The second kappa shape index (κ2) is 6.58. The summed E-state index contributed by atoms with van der Waals surface area (Å²) in [5.74, 6) is -0.0310. The van der Waals surface area contributed by atoms with Crippen LogP contribution in [-0.4, -0.2) is 34.9 Å². The maximum atomic E-state index is 12.1. The van der Waals surface area contributed by atoms with Gasteiger partial charge in [0.25, 0.3) is 5.91 Å². The minimum absolute atomic E-state index is 0.0310. The van der Waals surface area contributed by atoms with Crippen LogP contribution in [0.4, 0.5) is 0 Å². The lowest BCUT2D eigenvalue weighted by Gasteiger charge is -2.38. The fourth-order valence-electron chi connectivity index (χ4n) is 3.17. The van der Waals surface area contributed by atoms with Crippen LogP contribution in [0.3, 0.4) is 0 Å². The number of nitrogens with zero attached hydrogens (tertiary/aromatic N) is 2. The Morgan fingerprint density at radius 1 is 1.36 bits per heavy atom. The van der Waals surface area contributed by atoms with Gasteiger partial charge in [0.1, 0.15) is 0 Å². The van der Waals surface area contributed by atoms with E-state index in [1.807, 2.05) is 11.3 Å². The van der Waals surface area contributed by atoms with Gasteiger partial charge in [-0.05, 0) is 49.4 Å². The maximum Gasteiger partial charge on any atom is 0.251 e. The van der Waals surface area contributed by atoms with Crippen LogP contribution in [0.25, 0.3) is 0 Å². The number of pyridine rings is 1. The van der Waals surface area contributed by atoms with Crippen LogP contribution in [0.5, 0.6) is 0 Å². The van der Waals surface area contributed by atoms with Crippen molar-refractivity contribution in [1.82, 2.24) is 15.2 Å². The Labute approximate surface area is 135 Å². The molecule has 0 radical (unpaired) electrons. The number of nitrogens with one attached hydrogen (secondary N) is 1. The molecule has 0 saturated carbocycles. The number of rotatable bonds is 4. The molecule has 0 spiro atoms. The van der Waals surface area contributed by atoms with Crippen molar-refractivity contribution < 1.29 is 4.79 Å². The lowest BCUT2D eigenvalue weighted by atomic mass is 9.97. The fraction of sp³-hybridized carbons (Fsp3) is 0.412. The lowest BCUT2D eigenvalue weighted by Crippen LogP contribution is -2.44. The summed E-state index contributed by atoms with van der Waals surface area (Å²) in [6.45, 7) is 6.06. The molecular formula is C17H21N3OS. The van der Waals surface area contributed by atoms with Crippen molar-refractivity contribution >= 4 is 17.2 Å². The van der Waals surface area contributed by atoms with Crippen LogP contribution >= 0.6 is 11.3 Å². The molecule has 2 aromatic heterocycles. The third-order valence-corrected chi connectivity index (χ3v) is 5.47. The zero-order valence-corrected chi connectivity index (χ0v) is 13.8. The number of hydrogen-bond donors (Lipinski definition) is 1. The van der Waals surface area contributed by atoms with Gasteiger partial charge >= 0.3 is 0 Å². The Morgan fingerprint density at radius 3 is 2.91 bits per heavy atom. The molecule has 1 aliphatic rings. The van der Waals surface area contributed by atoms with Crippen LogP contribution in [-0.2, 0) is 6.42 Å². The molecule has 5 heteroatoms. The molecule has 1 N–H and O–H groups in total. The second-order valence-corrected chi connectivity index (χ2v) is 6.72. The normalized spacial score (nSPS) is 21.4. The maximum absolute atomic E-state index is 12.1. The average Bonchev–Trinajstić information content (AvgIpc) is 2.99. The molecule has 4 nitrogen and oxygen atoms in total. The minimum atomic E-state index is -0.0310. The molecule has 0 saturated heterocycles. The van der Waals surface area contributed by atoms with E-state index in [0.29, 0.717) is 24.2 Å². The molecule has 1 amide bonds. The average molecular weight is 315 g/mol. The highest BCUT2D eigenvalue weighted by Crippen LogP contribution is 2.35. The van der Waals surface area contributed by atoms with Gasteiger partial charge in [0.15, 0.2) is 0 Å². The van der Waals surface area contributed by atoms with Crippen LogP contribution < -0.4 is 5.32 Å². The van der Waals surface area contributed by atoms with Gasteiger partial charge in [-0.15, -0.1) is 11.3 Å². The van der Waals surface area contributed by atoms with E-state index in [1.165, 1.54) is 10.4 Å². The van der Waals surface area contributed by atoms with Crippen molar-refractivity contribution in [2.75, 3.05) is 13.1 Å². The van der Waals surface area contributed by atoms with E-state index < -0.39 is 0 Å². The summed E-state index contributed by atoms with van der Waals surface area (Å²) in [4.78, 5) is 19.9. The summed E-state index contributed by atoms with van der Waals surface area (Å²) in [6.07, 6.45) is 4.38.